The van der Waals surface area contributed by atoms with E-state index in [4.69, 9.17) is 0 Å². The Morgan fingerprint density at radius 1 is 1.19 bits per heavy atom. The molecule has 108 valence electrons. The molecule has 0 spiro atoms. The third-order valence-electron chi connectivity index (χ3n) is 2.95. The van der Waals surface area contributed by atoms with Gasteiger partial charge in [-0.25, -0.2) is 0 Å². The Bertz CT molecular complexity index is 659. The van der Waals surface area contributed by atoms with Crippen molar-refractivity contribution in [3.63, 3.8) is 0 Å². The van der Waals surface area contributed by atoms with Crippen molar-refractivity contribution in [3.05, 3.63) is 75.6 Å². The third kappa shape index (κ3) is 3.85. The Balaban J connectivity index is 1.94. The van der Waals surface area contributed by atoms with Crippen LogP contribution in [-0.4, -0.2) is 17.4 Å². The van der Waals surface area contributed by atoms with E-state index in [0.29, 0.717) is 13.0 Å². The zero-order valence-electron chi connectivity index (χ0n) is 11.1. The number of nitrogens with zero attached hydrogens (tertiary/aromatic N) is 1. The summed E-state index contributed by atoms with van der Waals surface area (Å²) in [5, 5.41) is 13.1. The summed E-state index contributed by atoms with van der Waals surface area (Å²) in [4.78, 5) is 21.5. The summed E-state index contributed by atoms with van der Waals surface area (Å²) >= 11 is 0. The molecule has 0 saturated heterocycles. The molecule has 1 N–H and O–H groups in total. The van der Waals surface area contributed by atoms with Gasteiger partial charge >= 0.3 is 5.69 Å². The second-order valence-electron chi connectivity index (χ2n) is 4.41. The normalized spacial score (nSPS) is 10.1. The average Bonchev–Trinajstić information content (AvgIpc) is 2.47. The van der Waals surface area contributed by atoms with Gasteiger partial charge in [0.15, 0.2) is 0 Å². The second kappa shape index (κ2) is 6.60. The van der Waals surface area contributed by atoms with E-state index in [2.05, 4.69) is 5.32 Å². The van der Waals surface area contributed by atoms with Gasteiger partial charge in [-0.05, 0) is 24.1 Å². The van der Waals surface area contributed by atoms with Gasteiger partial charge in [0.05, 0.1) is 4.92 Å². The molecule has 0 atom stereocenters. The minimum Gasteiger partial charge on any atom is -0.352 e. The first-order valence-electron chi connectivity index (χ1n) is 6.34. The maximum Gasteiger partial charge on any atom is 0.304 e. The number of benzene rings is 2. The van der Waals surface area contributed by atoms with Gasteiger partial charge in [0, 0.05) is 18.2 Å². The van der Waals surface area contributed by atoms with Crippen LogP contribution >= 0.6 is 0 Å². The number of amides is 1. The van der Waals surface area contributed by atoms with Gasteiger partial charge in [0.2, 0.25) is 5.82 Å². The van der Waals surface area contributed by atoms with Crippen LogP contribution < -0.4 is 5.32 Å². The molecule has 0 aromatic heterocycles. The highest BCUT2D eigenvalue weighted by Gasteiger charge is 2.16. The summed E-state index contributed by atoms with van der Waals surface area (Å²) in [6, 6.07) is 12.7. The van der Waals surface area contributed by atoms with E-state index in [1.807, 2.05) is 30.3 Å². The highest BCUT2D eigenvalue weighted by atomic mass is 19.1. The molecule has 2 aromatic rings. The Labute approximate surface area is 120 Å². The Kier molecular flexibility index (Phi) is 4.61. The van der Waals surface area contributed by atoms with Crippen LogP contribution in [0.1, 0.15) is 15.9 Å². The largest absolute Gasteiger partial charge is 0.352 e. The Morgan fingerprint density at radius 3 is 2.52 bits per heavy atom. The summed E-state index contributed by atoms with van der Waals surface area (Å²) in [6.07, 6.45) is 0.655. The lowest BCUT2D eigenvalue weighted by Crippen LogP contribution is -2.25. The van der Waals surface area contributed by atoms with Gasteiger partial charge in [0.25, 0.3) is 5.91 Å². The number of carbonyl (C=O) groups excluding carboxylic acids is 1. The number of nitro groups is 1. The Hall–Kier alpha value is -2.76. The van der Waals surface area contributed by atoms with Crippen molar-refractivity contribution in [2.75, 3.05) is 6.54 Å². The van der Waals surface area contributed by atoms with Crippen molar-refractivity contribution in [2.24, 2.45) is 0 Å². The average molecular weight is 288 g/mol. The molecule has 0 aliphatic carbocycles. The van der Waals surface area contributed by atoms with Gasteiger partial charge in [-0.2, -0.15) is 4.39 Å². The summed E-state index contributed by atoms with van der Waals surface area (Å²) in [7, 11) is 0. The van der Waals surface area contributed by atoms with E-state index in [1.54, 1.807) is 0 Å². The maximum atomic E-state index is 13.4. The van der Waals surface area contributed by atoms with E-state index in [0.717, 1.165) is 17.7 Å². The lowest BCUT2D eigenvalue weighted by atomic mass is 10.1. The predicted octanol–water partition coefficient (Wildman–Crippen LogP) is 2.71. The molecule has 5 nitrogen and oxygen atoms in total. The van der Waals surface area contributed by atoms with Crippen molar-refractivity contribution in [2.45, 2.75) is 6.42 Å². The molecule has 0 aliphatic rings. The number of rotatable bonds is 5. The molecule has 2 rings (SSSR count). The van der Waals surface area contributed by atoms with Crippen LogP contribution in [0.3, 0.4) is 0 Å². The molecule has 0 heterocycles. The van der Waals surface area contributed by atoms with E-state index in [-0.39, 0.29) is 5.56 Å². The lowest BCUT2D eigenvalue weighted by Gasteiger charge is -2.05. The van der Waals surface area contributed by atoms with Crippen LogP contribution in [0.5, 0.6) is 0 Å². The summed E-state index contributed by atoms with van der Waals surface area (Å²) in [6.45, 7) is 0.404. The number of carbonyl (C=O) groups is 1. The van der Waals surface area contributed by atoms with E-state index >= 15 is 0 Å². The standard InChI is InChI=1S/C15H13FN2O3/c16-13-10-12(6-7-14(13)18(20)21)15(19)17-9-8-11-4-2-1-3-5-11/h1-7,10H,8-9H2,(H,17,19). The number of hydrogen-bond donors (Lipinski definition) is 1. The lowest BCUT2D eigenvalue weighted by molar-refractivity contribution is -0.387. The summed E-state index contributed by atoms with van der Waals surface area (Å²) < 4.78 is 13.4. The van der Waals surface area contributed by atoms with Crippen LogP contribution in [0, 0.1) is 15.9 Å². The first-order valence-corrected chi connectivity index (χ1v) is 6.34. The topological polar surface area (TPSA) is 72.2 Å². The molecule has 0 aliphatic heterocycles. The smallest absolute Gasteiger partial charge is 0.304 e. The molecule has 2 aromatic carbocycles. The third-order valence-corrected chi connectivity index (χ3v) is 2.95. The fraction of sp³-hybridized carbons (Fsp3) is 0.133. The van der Waals surface area contributed by atoms with Crippen LogP contribution in [0.4, 0.5) is 10.1 Å². The molecule has 6 heteroatoms. The van der Waals surface area contributed by atoms with Crippen molar-refractivity contribution in [1.82, 2.24) is 5.32 Å². The summed E-state index contributed by atoms with van der Waals surface area (Å²) in [5.74, 6) is -1.48. The van der Waals surface area contributed by atoms with E-state index in [1.165, 1.54) is 6.07 Å². The zero-order valence-corrected chi connectivity index (χ0v) is 11.1. The molecule has 0 radical (unpaired) electrons. The molecular formula is C15H13FN2O3. The van der Waals surface area contributed by atoms with Crippen molar-refractivity contribution >= 4 is 11.6 Å². The number of nitro benzene ring substituents is 1. The van der Waals surface area contributed by atoms with Gasteiger partial charge in [-0.3, -0.25) is 14.9 Å². The first-order chi connectivity index (χ1) is 10.1. The van der Waals surface area contributed by atoms with Gasteiger partial charge < -0.3 is 5.32 Å². The molecular weight excluding hydrogens is 275 g/mol. The van der Waals surface area contributed by atoms with Crippen LogP contribution in [-0.2, 0) is 6.42 Å². The molecule has 0 bridgehead atoms. The maximum absolute atomic E-state index is 13.4. The van der Waals surface area contributed by atoms with E-state index < -0.39 is 22.3 Å². The Morgan fingerprint density at radius 2 is 1.90 bits per heavy atom. The second-order valence-corrected chi connectivity index (χ2v) is 4.41. The summed E-state index contributed by atoms with van der Waals surface area (Å²) in [5.41, 5.74) is 0.495. The molecule has 0 fully saturated rings. The molecule has 21 heavy (non-hydrogen) atoms. The van der Waals surface area contributed by atoms with Gasteiger partial charge in [-0.1, -0.05) is 30.3 Å². The fourth-order valence-corrected chi connectivity index (χ4v) is 1.86. The zero-order chi connectivity index (χ0) is 15.2. The van der Waals surface area contributed by atoms with Gasteiger partial charge in [-0.15, -0.1) is 0 Å². The highest BCUT2D eigenvalue weighted by molar-refractivity contribution is 5.94. The highest BCUT2D eigenvalue weighted by Crippen LogP contribution is 2.17. The fourth-order valence-electron chi connectivity index (χ4n) is 1.86. The van der Waals surface area contributed by atoms with Crippen LogP contribution in [0.15, 0.2) is 48.5 Å². The number of hydrogen-bond acceptors (Lipinski definition) is 3. The van der Waals surface area contributed by atoms with Gasteiger partial charge in [0.1, 0.15) is 0 Å². The SMILES string of the molecule is O=C(NCCc1ccccc1)c1ccc([N+](=O)[O-])c(F)c1. The first kappa shape index (κ1) is 14.6. The molecule has 0 unspecified atom stereocenters. The minimum atomic E-state index is -1.02. The minimum absolute atomic E-state index is 0.0613. The van der Waals surface area contributed by atoms with Crippen molar-refractivity contribution in [3.8, 4) is 0 Å². The van der Waals surface area contributed by atoms with Crippen molar-refractivity contribution in [1.29, 1.82) is 0 Å². The molecule has 0 saturated carbocycles. The monoisotopic (exact) mass is 288 g/mol. The number of nitrogens with one attached hydrogen (secondary N) is 1. The number of halogens is 1. The van der Waals surface area contributed by atoms with Crippen LogP contribution in [0.25, 0.3) is 0 Å². The predicted molar refractivity (Wildman–Crippen MR) is 75.5 cm³/mol. The van der Waals surface area contributed by atoms with E-state index in [9.17, 15) is 19.3 Å². The molecule has 1 amide bonds. The van der Waals surface area contributed by atoms with Crippen LogP contribution in [0.2, 0.25) is 0 Å². The van der Waals surface area contributed by atoms with Crippen molar-refractivity contribution < 1.29 is 14.1 Å². The quantitative estimate of drug-likeness (QED) is 0.679.